The van der Waals surface area contributed by atoms with Crippen LogP contribution in [-0.4, -0.2) is 12.8 Å². The molecule has 0 saturated heterocycles. The molecule has 0 unspecified atom stereocenters. The molecule has 23 heavy (non-hydrogen) atoms. The first-order chi connectivity index (χ1) is 10.8. The second kappa shape index (κ2) is 8.11. The number of anilines is 1. The molecule has 0 atom stereocenters. The molecule has 2 nitrogen and oxygen atoms in total. The van der Waals surface area contributed by atoms with E-state index in [2.05, 4.69) is 60.3 Å². The number of para-hydroxylation sites is 1. The highest BCUT2D eigenvalue weighted by Crippen LogP contribution is 2.33. The first-order valence-corrected chi connectivity index (χ1v) is 7.63. The van der Waals surface area contributed by atoms with Crippen LogP contribution in [0, 0.1) is 6.92 Å². The molecule has 2 aromatic rings. The molecule has 3 heteroatoms. The number of rotatable bonds is 3. The Kier molecular flexibility index (Phi) is 6.16. The molecule has 0 spiro atoms. The van der Waals surface area contributed by atoms with Gasteiger partial charge in [0, 0.05) is 30.2 Å². The van der Waals surface area contributed by atoms with E-state index in [1.807, 2.05) is 36.5 Å². The first kappa shape index (κ1) is 17.5. The van der Waals surface area contributed by atoms with Crippen molar-refractivity contribution in [2.75, 3.05) is 11.4 Å². The van der Waals surface area contributed by atoms with E-state index >= 15 is 0 Å². The Bertz CT molecular complexity index is 745. The third kappa shape index (κ3) is 4.10. The van der Waals surface area contributed by atoms with Gasteiger partial charge in [0.25, 0.3) is 0 Å². The maximum atomic E-state index is 4.49. The van der Waals surface area contributed by atoms with Crippen molar-refractivity contribution in [3.05, 3.63) is 78.0 Å². The minimum absolute atomic E-state index is 0. The lowest BCUT2D eigenvalue weighted by Crippen LogP contribution is -2.19. The molecule has 3 rings (SSSR count). The lowest BCUT2D eigenvalue weighted by Gasteiger charge is -2.26. The highest BCUT2D eigenvalue weighted by Gasteiger charge is 2.14. The average molecular weight is 416 g/mol. The second-order valence-corrected chi connectivity index (χ2v) is 5.36. The molecule has 0 saturated carbocycles. The average Bonchev–Trinajstić information content (AvgIpc) is 2.56. The van der Waals surface area contributed by atoms with Crippen LogP contribution in [0.2, 0.25) is 0 Å². The van der Waals surface area contributed by atoms with Crippen LogP contribution in [-0.2, 0) is 0 Å². The molecule has 1 heterocycles. The predicted octanol–water partition coefficient (Wildman–Crippen LogP) is 5.75. The molecule has 0 amide bonds. The van der Waals surface area contributed by atoms with Crippen LogP contribution < -0.4 is 4.90 Å². The summed E-state index contributed by atoms with van der Waals surface area (Å²) in [5.41, 5.74) is 5.97. The minimum atomic E-state index is 0. The van der Waals surface area contributed by atoms with Crippen molar-refractivity contribution >= 4 is 47.1 Å². The molecule has 2 aromatic carbocycles. The maximum absolute atomic E-state index is 4.49. The molecule has 0 radical (unpaired) electrons. The lowest BCUT2D eigenvalue weighted by atomic mass is 9.98. The van der Waals surface area contributed by atoms with Crippen LogP contribution >= 0.6 is 24.0 Å². The number of allylic oxidation sites excluding steroid dienone is 3. The number of halogens is 1. The Morgan fingerprint density at radius 3 is 2.61 bits per heavy atom. The van der Waals surface area contributed by atoms with Crippen LogP contribution in [0.25, 0.3) is 5.57 Å². The van der Waals surface area contributed by atoms with Gasteiger partial charge in [0.1, 0.15) is 0 Å². The van der Waals surface area contributed by atoms with Gasteiger partial charge in [-0.05, 0) is 55.8 Å². The summed E-state index contributed by atoms with van der Waals surface area (Å²) < 4.78 is 0. The summed E-state index contributed by atoms with van der Waals surface area (Å²) in [5.74, 6) is 0. The van der Waals surface area contributed by atoms with Gasteiger partial charge in [-0.3, -0.25) is 4.99 Å². The predicted molar refractivity (Wildman–Crippen MR) is 111 cm³/mol. The summed E-state index contributed by atoms with van der Waals surface area (Å²) in [4.78, 5) is 6.75. The van der Waals surface area contributed by atoms with Crippen LogP contribution in [0.5, 0.6) is 0 Å². The Labute approximate surface area is 155 Å². The standard InChI is InChI=1S/C20H20N2.HI/c1-3-22-14-12-17(19-15-16(2)9-10-20(19)22)11-13-21-18-7-5-4-6-8-18;/h4-15H,3H2,1-2H3;1H. The minimum Gasteiger partial charge on any atom is -0.348 e. The van der Waals surface area contributed by atoms with Crippen molar-refractivity contribution in [3.63, 3.8) is 0 Å². The van der Waals surface area contributed by atoms with Gasteiger partial charge in [0.2, 0.25) is 0 Å². The van der Waals surface area contributed by atoms with E-state index < -0.39 is 0 Å². The lowest BCUT2D eigenvalue weighted by molar-refractivity contribution is 1.01. The topological polar surface area (TPSA) is 15.6 Å². The largest absolute Gasteiger partial charge is 0.348 e. The Balaban J connectivity index is 0.00000192. The molecule has 1 aliphatic heterocycles. The Morgan fingerprint density at radius 2 is 1.87 bits per heavy atom. The third-order valence-electron chi connectivity index (χ3n) is 3.78. The summed E-state index contributed by atoms with van der Waals surface area (Å²) in [6, 6.07) is 16.6. The summed E-state index contributed by atoms with van der Waals surface area (Å²) >= 11 is 0. The van der Waals surface area contributed by atoms with Crippen molar-refractivity contribution in [3.8, 4) is 0 Å². The zero-order valence-corrected chi connectivity index (χ0v) is 15.8. The molecule has 1 aliphatic rings. The monoisotopic (exact) mass is 416 g/mol. The van der Waals surface area contributed by atoms with E-state index in [-0.39, 0.29) is 24.0 Å². The summed E-state index contributed by atoms with van der Waals surface area (Å²) in [6.45, 7) is 5.27. The number of hydrogen-bond acceptors (Lipinski definition) is 2. The van der Waals surface area contributed by atoms with Gasteiger partial charge >= 0.3 is 0 Å². The molecule has 0 aromatic heterocycles. The van der Waals surface area contributed by atoms with Gasteiger partial charge in [0.15, 0.2) is 0 Å². The van der Waals surface area contributed by atoms with E-state index in [9.17, 15) is 0 Å². The van der Waals surface area contributed by atoms with Gasteiger partial charge in [-0.2, -0.15) is 0 Å². The van der Waals surface area contributed by atoms with Gasteiger partial charge in [-0.1, -0.05) is 29.8 Å². The SMILES string of the molecule is CCN1C=CC(=CC=Nc2ccccc2)c2cc(C)ccc21.I. The van der Waals surface area contributed by atoms with Crippen LogP contribution in [0.4, 0.5) is 11.4 Å². The Hall–Kier alpha value is -1.88. The fraction of sp³-hybridized carbons (Fsp3) is 0.150. The maximum Gasteiger partial charge on any atom is 0.0629 e. The van der Waals surface area contributed by atoms with Gasteiger partial charge in [-0.15, -0.1) is 24.0 Å². The van der Waals surface area contributed by atoms with Gasteiger partial charge < -0.3 is 4.90 Å². The quantitative estimate of drug-likeness (QED) is 0.460. The molecular formula is C20H21IN2. The first-order valence-electron chi connectivity index (χ1n) is 7.63. The van der Waals surface area contributed by atoms with Crippen LogP contribution in [0.3, 0.4) is 0 Å². The van der Waals surface area contributed by atoms with Crippen molar-refractivity contribution in [2.24, 2.45) is 4.99 Å². The molecule has 0 bridgehead atoms. The summed E-state index contributed by atoms with van der Waals surface area (Å²) in [6.07, 6.45) is 8.25. The number of benzene rings is 2. The van der Waals surface area contributed by atoms with E-state index in [4.69, 9.17) is 0 Å². The summed E-state index contributed by atoms with van der Waals surface area (Å²) in [7, 11) is 0. The van der Waals surface area contributed by atoms with E-state index in [0.29, 0.717) is 0 Å². The van der Waals surface area contributed by atoms with Crippen LogP contribution in [0.1, 0.15) is 18.1 Å². The van der Waals surface area contributed by atoms with Crippen molar-refractivity contribution < 1.29 is 0 Å². The second-order valence-electron chi connectivity index (χ2n) is 5.36. The number of hydrogen-bond donors (Lipinski definition) is 0. The molecule has 0 fully saturated rings. The highest BCUT2D eigenvalue weighted by atomic mass is 127. The highest BCUT2D eigenvalue weighted by molar-refractivity contribution is 14.0. The molecule has 118 valence electrons. The zero-order chi connectivity index (χ0) is 15.4. The fourth-order valence-corrected chi connectivity index (χ4v) is 2.61. The normalized spacial score (nSPS) is 14.9. The molecule has 0 aliphatic carbocycles. The fourth-order valence-electron chi connectivity index (χ4n) is 2.61. The van der Waals surface area contributed by atoms with E-state index in [0.717, 1.165) is 12.2 Å². The number of fused-ring (bicyclic) bond motifs is 1. The summed E-state index contributed by atoms with van der Waals surface area (Å²) in [5, 5.41) is 0. The van der Waals surface area contributed by atoms with E-state index in [1.54, 1.807) is 0 Å². The third-order valence-corrected chi connectivity index (χ3v) is 3.78. The molecule has 0 N–H and O–H groups in total. The number of nitrogens with zero attached hydrogens (tertiary/aromatic N) is 2. The smallest absolute Gasteiger partial charge is 0.0629 e. The van der Waals surface area contributed by atoms with E-state index in [1.165, 1.54) is 22.4 Å². The molecular weight excluding hydrogens is 395 g/mol. The van der Waals surface area contributed by atoms with Gasteiger partial charge in [-0.25, -0.2) is 0 Å². The number of aryl methyl sites for hydroxylation is 1. The van der Waals surface area contributed by atoms with Crippen molar-refractivity contribution in [1.82, 2.24) is 0 Å². The number of aliphatic imine (C=N–C) groups is 1. The Morgan fingerprint density at radius 1 is 1.09 bits per heavy atom. The van der Waals surface area contributed by atoms with Crippen molar-refractivity contribution in [1.29, 1.82) is 0 Å². The van der Waals surface area contributed by atoms with Crippen LogP contribution in [0.15, 0.2) is 71.9 Å². The van der Waals surface area contributed by atoms with Crippen molar-refractivity contribution in [2.45, 2.75) is 13.8 Å². The van der Waals surface area contributed by atoms with Gasteiger partial charge in [0.05, 0.1) is 5.69 Å². The zero-order valence-electron chi connectivity index (χ0n) is 13.4.